The number of rotatable bonds is 7. The van der Waals surface area contributed by atoms with Gasteiger partial charge >= 0.3 is 5.97 Å². The van der Waals surface area contributed by atoms with Crippen LogP contribution in [0.5, 0.6) is 5.75 Å². The van der Waals surface area contributed by atoms with Crippen molar-refractivity contribution in [3.63, 3.8) is 0 Å². The van der Waals surface area contributed by atoms with Gasteiger partial charge in [0.05, 0.1) is 40.5 Å². The van der Waals surface area contributed by atoms with E-state index in [-0.39, 0.29) is 33.8 Å². The van der Waals surface area contributed by atoms with E-state index in [1.165, 1.54) is 43.5 Å². The van der Waals surface area contributed by atoms with Crippen LogP contribution in [0.2, 0.25) is 0 Å². The van der Waals surface area contributed by atoms with E-state index in [1.807, 2.05) is 0 Å². The lowest BCUT2D eigenvalue weighted by molar-refractivity contribution is -0.384. The number of methoxy groups -OCH3 is 1. The molecule has 1 aliphatic rings. The molecule has 0 spiro atoms. The van der Waals surface area contributed by atoms with E-state index in [9.17, 15) is 29.3 Å². The molecule has 3 aromatic carbocycles. The van der Waals surface area contributed by atoms with Gasteiger partial charge in [0.1, 0.15) is 11.4 Å². The number of nitrogens with one attached hydrogen (secondary N) is 1. The van der Waals surface area contributed by atoms with Crippen LogP contribution in [0.25, 0.3) is 0 Å². The summed E-state index contributed by atoms with van der Waals surface area (Å²) in [4.78, 5) is 61.6. The number of nitro benzene ring substituents is 1. The molecule has 0 unspecified atom stereocenters. The SMILES string of the molecule is COc1ccc(NC(=O)COC(=O)c2cccc(N3C(=O)c4ccccc4C3=O)c2)c([N+](=O)[O-])c1. The monoisotopic (exact) mass is 475 g/mol. The molecular weight excluding hydrogens is 458 g/mol. The van der Waals surface area contributed by atoms with E-state index in [1.54, 1.807) is 24.3 Å². The molecule has 11 nitrogen and oxygen atoms in total. The van der Waals surface area contributed by atoms with Crippen LogP contribution in [0.4, 0.5) is 17.1 Å². The Morgan fingerprint density at radius 2 is 1.66 bits per heavy atom. The highest BCUT2D eigenvalue weighted by molar-refractivity contribution is 6.34. The molecule has 0 saturated heterocycles. The lowest BCUT2D eigenvalue weighted by Gasteiger charge is -2.15. The number of benzene rings is 3. The third-order valence-corrected chi connectivity index (χ3v) is 5.14. The van der Waals surface area contributed by atoms with Gasteiger partial charge in [-0.2, -0.15) is 0 Å². The van der Waals surface area contributed by atoms with Crippen LogP contribution in [0, 0.1) is 10.1 Å². The second kappa shape index (κ2) is 9.43. The van der Waals surface area contributed by atoms with Gasteiger partial charge in [0.2, 0.25) is 0 Å². The number of hydrogen-bond donors (Lipinski definition) is 1. The third kappa shape index (κ3) is 4.55. The van der Waals surface area contributed by atoms with Gasteiger partial charge in [0, 0.05) is 0 Å². The van der Waals surface area contributed by atoms with Gasteiger partial charge in [-0.05, 0) is 42.5 Å². The molecule has 0 fully saturated rings. The largest absolute Gasteiger partial charge is 0.496 e. The van der Waals surface area contributed by atoms with Gasteiger partial charge in [-0.15, -0.1) is 0 Å². The van der Waals surface area contributed by atoms with Crippen molar-refractivity contribution in [3.05, 3.63) is 93.5 Å². The second-order valence-electron chi connectivity index (χ2n) is 7.31. The van der Waals surface area contributed by atoms with E-state index in [0.717, 1.165) is 11.0 Å². The number of fused-ring (bicyclic) bond motifs is 1. The van der Waals surface area contributed by atoms with E-state index >= 15 is 0 Å². The third-order valence-electron chi connectivity index (χ3n) is 5.14. The molecule has 11 heteroatoms. The van der Waals surface area contributed by atoms with E-state index < -0.39 is 40.9 Å². The first kappa shape index (κ1) is 23.1. The molecule has 0 atom stereocenters. The summed E-state index contributed by atoms with van der Waals surface area (Å²) in [5.74, 6) is -2.49. The van der Waals surface area contributed by atoms with Gasteiger partial charge in [0.15, 0.2) is 6.61 Å². The van der Waals surface area contributed by atoms with Crippen molar-refractivity contribution in [1.82, 2.24) is 0 Å². The van der Waals surface area contributed by atoms with Crippen molar-refractivity contribution in [2.45, 2.75) is 0 Å². The molecule has 0 bridgehead atoms. The van der Waals surface area contributed by atoms with Crippen molar-refractivity contribution >= 4 is 40.8 Å². The molecule has 0 radical (unpaired) electrons. The summed E-state index contributed by atoms with van der Waals surface area (Å²) < 4.78 is 9.95. The molecule has 35 heavy (non-hydrogen) atoms. The average Bonchev–Trinajstić information content (AvgIpc) is 3.12. The molecule has 176 valence electrons. The number of ether oxygens (including phenoxy) is 2. The number of nitrogens with zero attached hydrogens (tertiary/aromatic N) is 2. The van der Waals surface area contributed by atoms with Crippen LogP contribution in [-0.4, -0.2) is 42.3 Å². The number of nitro groups is 1. The summed E-state index contributed by atoms with van der Waals surface area (Å²) in [6.45, 7) is -0.723. The molecule has 0 saturated carbocycles. The highest BCUT2D eigenvalue weighted by Gasteiger charge is 2.36. The zero-order valence-corrected chi connectivity index (χ0v) is 18.2. The average molecular weight is 475 g/mol. The Morgan fingerprint density at radius 3 is 2.29 bits per heavy atom. The Kier molecular flexibility index (Phi) is 6.23. The van der Waals surface area contributed by atoms with Gasteiger partial charge in [-0.1, -0.05) is 18.2 Å². The minimum Gasteiger partial charge on any atom is -0.496 e. The summed E-state index contributed by atoms with van der Waals surface area (Å²) in [5, 5.41) is 13.6. The number of esters is 1. The molecule has 3 amide bonds. The van der Waals surface area contributed by atoms with Crippen LogP contribution in [0.3, 0.4) is 0 Å². The molecule has 0 aliphatic carbocycles. The Hall–Kier alpha value is -5.06. The van der Waals surface area contributed by atoms with Gasteiger partial charge in [0.25, 0.3) is 23.4 Å². The smallest absolute Gasteiger partial charge is 0.338 e. The van der Waals surface area contributed by atoms with Gasteiger partial charge in [-0.3, -0.25) is 24.5 Å². The van der Waals surface area contributed by atoms with E-state index in [2.05, 4.69) is 5.32 Å². The Bertz CT molecular complexity index is 1350. The zero-order chi connectivity index (χ0) is 25.1. The maximum absolute atomic E-state index is 12.7. The quantitative estimate of drug-likeness (QED) is 0.237. The molecular formula is C24H17N3O8. The minimum absolute atomic E-state index is 0.00211. The number of carbonyl (C=O) groups is 4. The fourth-order valence-corrected chi connectivity index (χ4v) is 3.49. The van der Waals surface area contributed by atoms with E-state index in [0.29, 0.717) is 0 Å². The lowest BCUT2D eigenvalue weighted by atomic mass is 10.1. The summed E-state index contributed by atoms with van der Waals surface area (Å²) in [6, 6.07) is 15.9. The predicted molar refractivity (Wildman–Crippen MR) is 123 cm³/mol. The van der Waals surface area contributed by atoms with Crippen molar-refractivity contribution in [1.29, 1.82) is 0 Å². The van der Waals surface area contributed by atoms with Crippen molar-refractivity contribution in [3.8, 4) is 5.75 Å². The number of carbonyl (C=O) groups excluding carboxylic acids is 4. The summed E-state index contributed by atoms with van der Waals surface area (Å²) in [5.41, 5.74) is 0.206. The first-order chi connectivity index (χ1) is 16.8. The van der Waals surface area contributed by atoms with Crippen molar-refractivity contribution in [2.24, 2.45) is 0 Å². The van der Waals surface area contributed by atoms with Crippen LogP contribution < -0.4 is 15.0 Å². The van der Waals surface area contributed by atoms with E-state index in [4.69, 9.17) is 9.47 Å². The fraction of sp³-hybridized carbons (Fsp3) is 0.0833. The molecule has 0 aromatic heterocycles. The number of anilines is 2. The zero-order valence-electron chi connectivity index (χ0n) is 18.2. The molecule has 3 aromatic rings. The Morgan fingerprint density at radius 1 is 0.971 bits per heavy atom. The van der Waals surface area contributed by atoms with Crippen LogP contribution in [-0.2, 0) is 9.53 Å². The van der Waals surface area contributed by atoms with Gasteiger partial charge < -0.3 is 14.8 Å². The first-order valence-corrected chi connectivity index (χ1v) is 10.2. The minimum atomic E-state index is -0.886. The summed E-state index contributed by atoms with van der Waals surface area (Å²) >= 11 is 0. The Labute approximate surface area is 198 Å². The number of imide groups is 1. The predicted octanol–water partition coefficient (Wildman–Crippen LogP) is 3.20. The standard InChI is InChI=1S/C24H17N3O8/c1-34-16-9-10-19(20(12-16)27(32)33)25-21(28)13-35-24(31)14-5-4-6-15(11-14)26-22(29)17-7-2-3-8-18(17)23(26)30/h2-12H,13H2,1H3,(H,25,28). The first-order valence-electron chi connectivity index (χ1n) is 10.2. The number of amides is 3. The molecule has 1 aliphatic heterocycles. The fourth-order valence-electron chi connectivity index (χ4n) is 3.49. The second-order valence-corrected chi connectivity index (χ2v) is 7.31. The Balaban J connectivity index is 1.43. The van der Waals surface area contributed by atoms with Crippen molar-refractivity contribution < 1.29 is 33.6 Å². The van der Waals surface area contributed by atoms with Crippen molar-refractivity contribution in [2.75, 3.05) is 23.9 Å². The normalized spacial score (nSPS) is 12.2. The maximum Gasteiger partial charge on any atom is 0.338 e. The van der Waals surface area contributed by atoms with Gasteiger partial charge in [-0.25, -0.2) is 9.69 Å². The highest BCUT2D eigenvalue weighted by Crippen LogP contribution is 2.30. The molecule has 1 heterocycles. The lowest BCUT2D eigenvalue weighted by Crippen LogP contribution is -2.29. The molecule has 1 N–H and O–H groups in total. The molecule has 4 rings (SSSR count). The van der Waals surface area contributed by atoms with Crippen LogP contribution in [0.1, 0.15) is 31.1 Å². The summed E-state index contributed by atoms with van der Waals surface area (Å²) in [6.07, 6.45) is 0. The van der Waals surface area contributed by atoms with Crippen LogP contribution in [0.15, 0.2) is 66.7 Å². The number of hydrogen-bond acceptors (Lipinski definition) is 8. The highest BCUT2D eigenvalue weighted by atomic mass is 16.6. The maximum atomic E-state index is 12.7. The summed E-state index contributed by atoms with van der Waals surface area (Å²) in [7, 11) is 1.35. The van der Waals surface area contributed by atoms with Crippen LogP contribution >= 0.6 is 0 Å². The topological polar surface area (TPSA) is 145 Å².